The van der Waals surface area contributed by atoms with Crippen molar-refractivity contribution in [1.82, 2.24) is 0 Å². The number of hydrogen-bond donors (Lipinski definition) is 1. The lowest BCUT2D eigenvalue weighted by molar-refractivity contribution is 0.0696. The normalized spacial score (nSPS) is 16.1. The van der Waals surface area contributed by atoms with Crippen molar-refractivity contribution in [3.63, 3.8) is 0 Å². The van der Waals surface area contributed by atoms with Crippen molar-refractivity contribution in [3.8, 4) is 0 Å². The Balaban J connectivity index is 2.47. The molecule has 4 nitrogen and oxygen atoms in total. The standard InChI is InChI=1S/C10H9FO4S/c11-8-5-6(10(12)13)1-4-9(8)16(14,15)7-2-3-7/h1,4-5,7H,2-3H2,(H,12,13). The average molecular weight is 244 g/mol. The number of carbonyl (C=O) groups is 1. The van der Waals surface area contributed by atoms with Gasteiger partial charge in [0.2, 0.25) is 0 Å². The molecule has 1 aromatic carbocycles. The highest BCUT2D eigenvalue weighted by Crippen LogP contribution is 2.34. The summed E-state index contributed by atoms with van der Waals surface area (Å²) in [5.74, 6) is -2.28. The molecule has 1 aromatic rings. The summed E-state index contributed by atoms with van der Waals surface area (Å²) >= 11 is 0. The summed E-state index contributed by atoms with van der Waals surface area (Å²) in [5, 5.41) is 8.11. The number of hydrogen-bond acceptors (Lipinski definition) is 3. The maximum absolute atomic E-state index is 13.5. The Morgan fingerprint density at radius 2 is 2.00 bits per heavy atom. The van der Waals surface area contributed by atoms with Gasteiger partial charge in [-0.25, -0.2) is 17.6 Å². The number of carboxylic acid groups (broad SMARTS) is 1. The van der Waals surface area contributed by atoms with Crippen LogP contribution in [0.1, 0.15) is 23.2 Å². The van der Waals surface area contributed by atoms with Crippen LogP contribution in [0.5, 0.6) is 0 Å². The third-order valence-electron chi connectivity index (χ3n) is 2.45. The van der Waals surface area contributed by atoms with Gasteiger partial charge in [0.15, 0.2) is 9.84 Å². The van der Waals surface area contributed by atoms with Crippen LogP contribution >= 0.6 is 0 Å². The van der Waals surface area contributed by atoms with Crippen LogP contribution in [-0.2, 0) is 9.84 Å². The van der Waals surface area contributed by atoms with Gasteiger partial charge in [-0.1, -0.05) is 0 Å². The summed E-state index contributed by atoms with van der Waals surface area (Å²) in [6, 6.07) is 2.85. The van der Waals surface area contributed by atoms with E-state index in [0.29, 0.717) is 12.8 Å². The van der Waals surface area contributed by atoms with Gasteiger partial charge < -0.3 is 5.11 Å². The van der Waals surface area contributed by atoms with Crippen LogP contribution in [0.15, 0.2) is 23.1 Å². The first-order valence-electron chi connectivity index (χ1n) is 4.69. The van der Waals surface area contributed by atoms with Crippen LogP contribution < -0.4 is 0 Å². The zero-order chi connectivity index (χ0) is 11.9. The van der Waals surface area contributed by atoms with E-state index in [2.05, 4.69) is 0 Å². The fourth-order valence-corrected chi connectivity index (χ4v) is 3.13. The molecular formula is C10H9FO4S. The maximum Gasteiger partial charge on any atom is 0.335 e. The molecule has 1 aliphatic carbocycles. The van der Waals surface area contributed by atoms with Gasteiger partial charge in [-0.2, -0.15) is 0 Å². The molecule has 1 saturated carbocycles. The summed E-state index contributed by atoms with van der Waals surface area (Å²) in [6.45, 7) is 0. The number of halogens is 1. The van der Waals surface area contributed by atoms with Crippen molar-refractivity contribution in [2.75, 3.05) is 0 Å². The fraction of sp³-hybridized carbons (Fsp3) is 0.300. The summed E-state index contributed by atoms with van der Waals surface area (Å²) in [5.41, 5.74) is -0.257. The van der Waals surface area contributed by atoms with Crippen LogP contribution in [0.3, 0.4) is 0 Å². The molecule has 0 saturated heterocycles. The molecule has 0 bridgehead atoms. The SMILES string of the molecule is O=C(O)c1ccc(S(=O)(=O)C2CC2)c(F)c1. The topological polar surface area (TPSA) is 71.4 Å². The second kappa shape index (κ2) is 3.55. The molecule has 0 heterocycles. The number of aromatic carboxylic acids is 1. The zero-order valence-electron chi connectivity index (χ0n) is 8.18. The summed E-state index contributed by atoms with van der Waals surface area (Å²) in [7, 11) is -3.61. The lowest BCUT2D eigenvalue weighted by Gasteiger charge is -2.04. The van der Waals surface area contributed by atoms with Crippen molar-refractivity contribution in [2.24, 2.45) is 0 Å². The molecule has 0 aliphatic heterocycles. The van der Waals surface area contributed by atoms with E-state index in [4.69, 9.17) is 5.11 Å². The van der Waals surface area contributed by atoms with Crippen molar-refractivity contribution in [1.29, 1.82) is 0 Å². The molecule has 0 aromatic heterocycles. The van der Waals surface area contributed by atoms with Gasteiger partial charge >= 0.3 is 5.97 Å². The molecule has 0 unspecified atom stereocenters. The number of rotatable bonds is 3. The zero-order valence-corrected chi connectivity index (χ0v) is 9.00. The van der Waals surface area contributed by atoms with E-state index in [1.807, 2.05) is 0 Å². The average Bonchev–Trinajstić information content (AvgIpc) is 2.99. The summed E-state index contributed by atoms with van der Waals surface area (Å²) in [6.07, 6.45) is 1.09. The highest BCUT2D eigenvalue weighted by atomic mass is 32.2. The Morgan fingerprint density at radius 3 is 2.44 bits per heavy atom. The molecule has 0 spiro atoms. The first-order chi connectivity index (χ1) is 7.43. The minimum absolute atomic E-state index is 0.257. The Labute approximate surface area is 91.6 Å². The Bertz CT molecular complexity index is 546. The maximum atomic E-state index is 13.5. The first-order valence-corrected chi connectivity index (χ1v) is 6.24. The third kappa shape index (κ3) is 1.80. The molecular weight excluding hydrogens is 235 g/mol. The van der Waals surface area contributed by atoms with E-state index in [1.54, 1.807) is 0 Å². The van der Waals surface area contributed by atoms with E-state index >= 15 is 0 Å². The van der Waals surface area contributed by atoms with Crippen LogP contribution in [0.4, 0.5) is 4.39 Å². The van der Waals surface area contributed by atoms with Crippen molar-refractivity contribution >= 4 is 15.8 Å². The van der Waals surface area contributed by atoms with Gasteiger partial charge in [0.25, 0.3) is 0 Å². The van der Waals surface area contributed by atoms with Gasteiger partial charge in [0.05, 0.1) is 10.8 Å². The second-order valence-electron chi connectivity index (χ2n) is 3.69. The van der Waals surface area contributed by atoms with Gasteiger partial charge in [-0.3, -0.25) is 0 Å². The van der Waals surface area contributed by atoms with E-state index in [0.717, 1.165) is 18.2 Å². The third-order valence-corrected chi connectivity index (χ3v) is 4.74. The molecule has 0 radical (unpaired) electrons. The fourth-order valence-electron chi connectivity index (χ4n) is 1.42. The van der Waals surface area contributed by atoms with Crippen LogP contribution in [-0.4, -0.2) is 24.7 Å². The lowest BCUT2D eigenvalue weighted by atomic mass is 10.2. The minimum Gasteiger partial charge on any atom is -0.478 e. The summed E-state index contributed by atoms with van der Waals surface area (Å²) in [4.78, 5) is 10.1. The van der Waals surface area contributed by atoms with Crippen molar-refractivity contribution < 1.29 is 22.7 Å². The molecule has 2 rings (SSSR count). The highest BCUT2D eigenvalue weighted by molar-refractivity contribution is 7.92. The highest BCUT2D eigenvalue weighted by Gasteiger charge is 2.38. The largest absolute Gasteiger partial charge is 0.478 e. The van der Waals surface area contributed by atoms with E-state index in [1.165, 1.54) is 0 Å². The van der Waals surface area contributed by atoms with E-state index in [9.17, 15) is 17.6 Å². The predicted octanol–water partition coefficient (Wildman–Crippen LogP) is 1.46. The second-order valence-corrected chi connectivity index (χ2v) is 5.89. The van der Waals surface area contributed by atoms with E-state index in [-0.39, 0.29) is 5.56 Å². The minimum atomic E-state index is -3.61. The first kappa shape index (κ1) is 11.1. The van der Waals surface area contributed by atoms with Gasteiger partial charge in [-0.05, 0) is 31.0 Å². The smallest absolute Gasteiger partial charge is 0.335 e. The molecule has 86 valence electrons. The Hall–Kier alpha value is -1.43. The number of benzene rings is 1. The predicted molar refractivity (Wildman–Crippen MR) is 53.6 cm³/mol. The number of carboxylic acids is 1. The molecule has 1 fully saturated rings. The molecule has 0 atom stereocenters. The molecule has 0 amide bonds. The van der Waals surface area contributed by atoms with Crippen LogP contribution in [0.2, 0.25) is 0 Å². The van der Waals surface area contributed by atoms with Gasteiger partial charge in [0, 0.05) is 0 Å². The van der Waals surface area contributed by atoms with Gasteiger partial charge in [-0.15, -0.1) is 0 Å². The van der Waals surface area contributed by atoms with Crippen LogP contribution in [0.25, 0.3) is 0 Å². The Morgan fingerprint density at radius 1 is 1.38 bits per heavy atom. The number of sulfone groups is 1. The molecule has 1 aliphatic rings. The molecule has 16 heavy (non-hydrogen) atoms. The van der Waals surface area contributed by atoms with Crippen LogP contribution in [0, 0.1) is 5.82 Å². The molecule has 1 N–H and O–H groups in total. The quantitative estimate of drug-likeness (QED) is 0.873. The molecule has 6 heteroatoms. The van der Waals surface area contributed by atoms with E-state index < -0.39 is 31.8 Å². The Kier molecular flexibility index (Phi) is 2.46. The summed E-state index contributed by atoms with van der Waals surface area (Å²) < 4.78 is 36.9. The van der Waals surface area contributed by atoms with Crippen molar-refractivity contribution in [3.05, 3.63) is 29.6 Å². The van der Waals surface area contributed by atoms with Crippen molar-refractivity contribution in [2.45, 2.75) is 23.0 Å². The van der Waals surface area contributed by atoms with Gasteiger partial charge in [0.1, 0.15) is 10.7 Å². The monoisotopic (exact) mass is 244 g/mol. The lowest BCUT2D eigenvalue weighted by Crippen LogP contribution is -2.10.